The van der Waals surface area contributed by atoms with Crippen LogP contribution in [0.15, 0.2) is 30.0 Å². The first-order valence-corrected chi connectivity index (χ1v) is 5.06. The summed E-state index contributed by atoms with van der Waals surface area (Å²) in [5, 5.41) is 19.6. The van der Waals surface area contributed by atoms with Gasteiger partial charge in [0.15, 0.2) is 0 Å². The molecule has 88 valence electrons. The molecule has 1 rings (SSSR count). The maximum Gasteiger partial charge on any atom is 0.269 e. The third kappa shape index (κ3) is 2.82. The zero-order valence-electron chi connectivity index (χ0n) is 9.64. The zero-order valence-corrected chi connectivity index (χ0v) is 9.64. The number of methoxy groups -OCH3 is 1. The number of nitro groups is 1. The van der Waals surface area contributed by atoms with Gasteiger partial charge in [-0.05, 0) is 17.7 Å². The molecule has 0 heterocycles. The van der Waals surface area contributed by atoms with Gasteiger partial charge in [-0.2, -0.15) is 5.26 Å². The van der Waals surface area contributed by atoms with Crippen LogP contribution in [0, 0.1) is 21.4 Å². The third-order valence-corrected chi connectivity index (χ3v) is 2.32. The summed E-state index contributed by atoms with van der Waals surface area (Å²) in [5.41, 5.74) is 1.03. The molecular weight excluding hydrogens is 220 g/mol. The van der Waals surface area contributed by atoms with Gasteiger partial charge in [-0.25, -0.2) is 0 Å². The lowest BCUT2D eigenvalue weighted by molar-refractivity contribution is -0.384. The van der Waals surface area contributed by atoms with E-state index in [-0.39, 0.29) is 5.69 Å². The highest BCUT2D eigenvalue weighted by Crippen LogP contribution is 2.22. The summed E-state index contributed by atoms with van der Waals surface area (Å²) in [6.45, 7) is 1.88. The van der Waals surface area contributed by atoms with Crippen molar-refractivity contribution in [3.8, 4) is 6.07 Å². The maximum absolute atomic E-state index is 10.5. The van der Waals surface area contributed by atoms with Crippen molar-refractivity contribution in [3.05, 3.63) is 45.7 Å². The van der Waals surface area contributed by atoms with Gasteiger partial charge in [0.1, 0.15) is 11.8 Å². The Morgan fingerprint density at radius 3 is 2.41 bits per heavy atom. The van der Waals surface area contributed by atoms with Crippen LogP contribution in [0.4, 0.5) is 5.69 Å². The van der Waals surface area contributed by atoms with Crippen LogP contribution in [-0.4, -0.2) is 12.0 Å². The molecule has 0 fully saturated rings. The molecule has 0 spiro atoms. The van der Waals surface area contributed by atoms with Gasteiger partial charge in [0.05, 0.1) is 17.6 Å². The van der Waals surface area contributed by atoms with Gasteiger partial charge >= 0.3 is 0 Å². The molecule has 0 radical (unpaired) electrons. The summed E-state index contributed by atoms with van der Waals surface area (Å²) >= 11 is 0. The highest BCUT2D eigenvalue weighted by molar-refractivity contribution is 5.78. The lowest BCUT2D eigenvalue weighted by atomic mass is 10.0. The average molecular weight is 232 g/mol. The third-order valence-electron chi connectivity index (χ3n) is 2.32. The Hall–Kier alpha value is -2.35. The molecular formula is C12H12N2O3. The van der Waals surface area contributed by atoms with Crippen LogP contribution in [-0.2, 0) is 4.74 Å². The monoisotopic (exact) mass is 232 g/mol. The summed E-state index contributed by atoms with van der Waals surface area (Å²) < 4.78 is 5.11. The second kappa shape index (κ2) is 5.66. The SMILES string of the molecule is CC/C(OC)=C(/C#N)c1ccc([N+](=O)[O-])cc1. The van der Waals surface area contributed by atoms with E-state index in [1.54, 1.807) is 12.1 Å². The molecule has 5 nitrogen and oxygen atoms in total. The van der Waals surface area contributed by atoms with E-state index in [9.17, 15) is 10.1 Å². The fourth-order valence-corrected chi connectivity index (χ4v) is 1.46. The molecule has 1 aromatic rings. The first kappa shape index (κ1) is 12.7. The molecule has 0 aromatic heterocycles. The minimum absolute atomic E-state index is 0.00139. The molecule has 17 heavy (non-hydrogen) atoms. The Kier molecular flexibility index (Phi) is 4.23. The summed E-state index contributed by atoms with van der Waals surface area (Å²) in [4.78, 5) is 10.0. The van der Waals surface area contributed by atoms with E-state index in [1.807, 2.05) is 6.92 Å². The Bertz CT molecular complexity index is 477. The Morgan fingerprint density at radius 1 is 1.47 bits per heavy atom. The molecule has 0 unspecified atom stereocenters. The molecule has 0 N–H and O–H groups in total. The predicted octanol–water partition coefficient (Wildman–Crippen LogP) is 2.89. The number of benzene rings is 1. The summed E-state index contributed by atoms with van der Waals surface area (Å²) in [7, 11) is 1.50. The fraction of sp³-hybridized carbons (Fsp3) is 0.250. The van der Waals surface area contributed by atoms with Gasteiger partial charge in [0.2, 0.25) is 0 Å². The number of nitro benzene ring substituents is 1. The average Bonchev–Trinajstić information content (AvgIpc) is 2.36. The van der Waals surface area contributed by atoms with Crippen LogP contribution in [0.5, 0.6) is 0 Å². The van der Waals surface area contributed by atoms with E-state index in [0.717, 1.165) is 0 Å². The van der Waals surface area contributed by atoms with Crippen molar-refractivity contribution >= 4 is 11.3 Å². The lowest BCUT2D eigenvalue weighted by Gasteiger charge is -2.06. The van der Waals surface area contributed by atoms with Crippen molar-refractivity contribution in [2.24, 2.45) is 0 Å². The molecule has 5 heteroatoms. The number of non-ortho nitro benzene ring substituents is 1. The first-order valence-electron chi connectivity index (χ1n) is 5.06. The van der Waals surface area contributed by atoms with E-state index in [4.69, 9.17) is 10.00 Å². The number of hydrogen-bond donors (Lipinski definition) is 0. The van der Waals surface area contributed by atoms with E-state index in [0.29, 0.717) is 23.3 Å². The minimum atomic E-state index is -0.476. The quantitative estimate of drug-likeness (QED) is 0.346. The van der Waals surface area contributed by atoms with Crippen molar-refractivity contribution in [2.75, 3.05) is 7.11 Å². The second-order valence-electron chi connectivity index (χ2n) is 3.27. The molecule has 0 atom stereocenters. The molecule has 0 amide bonds. The van der Waals surface area contributed by atoms with Crippen LogP contribution < -0.4 is 0 Å². The van der Waals surface area contributed by atoms with Gasteiger partial charge in [-0.3, -0.25) is 10.1 Å². The van der Waals surface area contributed by atoms with Crippen molar-refractivity contribution in [1.29, 1.82) is 5.26 Å². The highest BCUT2D eigenvalue weighted by Gasteiger charge is 2.10. The predicted molar refractivity (Wildman–Crippen MR) is 62.9 cm³/mol. The van der Waals surface area contributed by atoms with Crippen LogP contribution in [0.3, 0.4) is 0 Å². The Balaban J connectivity index is 3.20. The van der Waals surface area contributed by atoms with E-state index < -0.39 is 4.92 Å². The van der Waals surface area contributed by atoms with Crippen molar-refractivity contribution in [2.45, 2.75) is 13.3 Å². The standard InChI is InChI=1S/C12H12N2O3/c1-3-12(17-2)11(8-13)9-4-6-10(7-5-9)14(15)16/h4-7H,3H2,1-2H3/b12-11+. The molecule has 0 aliphatic heterocycles. The number of ether oxygens (including phenoxy) is 1. The van der Waals surface area contributed by atoms with Crippen LogP contribution in [0.25, 0.3) is 5.57 Å². The van der Waals surface area contributed by atoms with Crippen LogP contribution in [0.2, 0.25) is 0 Å². The highest BCUT2D eigenvalue weighted by atomic mass is 16.6. The summed E-state index contributed by atoms with van der Waals surface area (Å²) in [6, 6.07) is 7.89. The maximum atomic E-state index is 10.5. The molecule has 1 aromatic carbocycles. The van der Waals surface area contributed by atoms with Crippen molar-refractivity contribution in [1.82, 2.24) is 0 Å². The number of hydrogen-bond acceptors (Lipinski definition) is 4. The Labute approximate surface area is 99.1 Å². The molecule has 0 saturated heterocycles. The summed E-state index contributed by atoms with van der Waals surface area (Å²) in [5.74, 6) is 0.571. The van der Waals surface area contributed by atoms with Crippen LogP contribution >= 0.6 is 0 Å². The normalized spacial score (nSPS) is 11.4. The molecule has 0 aliphatic rings. The van der Waals surface area contributed by atoms with Gasteiger partial charge in [-0.1, -0.05) is 6.92 Å². The fourth-order valence-electron chi connectivity index (χ4n) is 1.46. The molecule has 0 saturated carbocycles. The van der Waals surface area contributed by atoms with E-state index in [2.05, 4.69) is 6.07 Å². The van der Waals surface area contributed by atoms with Crippen LogP contribution in [0.1, 0.15) is 18.9 Å². The second-order valence-corrected chi connectivity index (χ2v) is 3.27. The van der Waals surface area contributed by atoms with E-state index in [1.165, 1.54) is 19.2 Å². The van der Waals surface area contributed by atoms with E-state index >= 15 is 0 Å². The number of nitrogens with zero attached hydrogens (tertiary/aromatic N) is 2. The van der Waals surface area contributed by atoms with Crippen molar-refractivity contribution < 1.29 is 9.66 Å². The number of nitriles is 1. The first-order chi connectivity index (χ1) is 8.13. The van der Waals surface area contributed by atoms with Gasteiger partial charge < -0.3 is 4.74 Å². The summed E-state index contributed by atoms with van der Waals surface area (Å²) in [6.07, 6.45) is 0.594. The van der Waals surface area contributed by atoms with Gasteiger partial charge in [0.25, 0.3) is 5.69 Å². The van der Waals surface area contributed by atoms with Gasteiger partial charge in [0, 0.05) is 18.6 Å². The molecule has 0 bridgehead atoms. The molecule has 0 aliphatic carbocycles. The van der Waals surface area contributed by atoms with Gasteiger partial charge in [-0.15, -0.1) is 0 Å². The topological polar surface area (TPSA) is 76.2 Å². The number of rotatable bonds is 4. The lowest BCUT2D eigenvalue weighted by Crippen LogP contribution is -1.93. The number of allylic oxidation sites excluding steroid dienone is 2. The van der Waals surface area contributed by atoms with Crippen molar-refractivity contribution in [3.63, 3.8) is 0 Å². The zero-order chi connectivity index (χ0) is 12.8. The minimum Gasteiger partial charge on any atom is -0.500 e. The smallest absolute Gasteiger partial charge is 0.269 e. The Morgan fingerprint density at radius 2 is 2.06 bits per heavy atom. The largest absolute Gasteiger partial charge is 0.500 e.